The van der Waals surface area contributed by atoms with Gasteiger partial charge in [0.2, 0.25) is 0 Å². The van der Waals surface area contributed by atoms with Crippen molar-refractivity contribution in [3.8, 4) is 6.07 Å². The third-order valence-corrected chi connectivity index (χ3v) is 4.23. The minimum atomic E-state index is -4.50. The summed E-state index contributed by atoms with van der Waals surface area (Å²) in [5.41, 5.74) is -0.815. The topological polar surface area (TPSA) is 52.0 Å². The van der Waals surface area contributed by atoms with E-state index in [0.29, 0.717) is 6.04 Å². The summed E-state index contributed by atoms with van der Waals surface area (Å²) in [5.74, 6) is 0.0473. The second-order valence-electron chi connectivity index (χ2n) is 5.49. The Morgan fingerprint density at radius 3 is 2.81 bits per heavy atom. The number of alkyl halides is 3. The minimum absolute atomic E-state index is 0.0473. The Kier molecular flexibility index (Phi) is 3.49. The van der Waals surface area contributed by atoms with Gasteiger partial charge in [-0.2, -0.15) is 18.4 Å². The van der Waals surface area contributed by atoms with Crippen LogP contribution in [0.5, 0.6) is 0 Å². The number of nitrogens with zero attached hydrogens (tertiary/aromatic N) is 3. The van der Waals surface area contributed by atoms with Crippen LogP contribution in [0, 0.1) is 11.3 Å². The molecule has 0 saturated carbocycles. The lowest BCUT2D eigenvalue weighted by molar-refractivity contribution is -0.141. The zero-order valence-corrected chi connectivity index (χ0v) is 11.3. The molecule has 0 aromatic carbocycles. The Morgan fingerprint density at radius 2 is 2.10 bits per heavy atom. The molecule has 0 bridgehead atoms. The van der Waals surface area contributed by atoms with Crippen molar-refractivity contribution in [1.82, 2.24) is 9.88 Å². The van der Waals surface area contributed by atoms with E-state index >= 15 is 0 Å². The summed E-state index contributed by atoms with van der Waals surface area (Å²) in [6.07, 6.45) is -1.48. The molecule has 2 fully saturated rings. The molecule has 2 atom stereocenters. The Labute approximate surface area is 120 Å². The van der Waals surface area contributed by atoms with Crippen molar-refractivity contribution in [2.75, 3.05) is 18.4 Å². The van der Waals surface area contributed by atoms with Gasteiger partial charge in [0.15, 0.2) is 0 Å². The van der Waals surface area contributed by atoms with E-state index in [4.69, 9.17) is 5.26 Å². The van der Waals surface area contributed by atoms with Gasteiger partial charge in [0, 0.05) is 18.6 Å². The first-order valence-corrected chi connectivity index (χ1v) is 6.98. The van der Waals surface area contributed by atoms with E-state index in [2.05, 4.69) is 15.2 Å². The molecule has 2 unspecified atom stereocenters. The average molecular weight is 296 g/mol. The summed E-state index contributed by atoms with van der Waals surface area (Å²) in [6, 6.07) is 4.34. The normalized spacial score (nSPS) is 25.6. The van der Waals surface area contributed by atoms with Gasteiger partial charge in [-0.05, 0) is 37.9 Å². The number of aromatic nitrogens is 1. The van der Waals surface area contributed by atoms with Crippen molar-refractivity contribution in [3.63, 3.8) is 0 Å². The minimum Gasteiger partial charge on any atom is -0.365 e. The van der Waals surface area contributed by atoms with Crippen LogP contribution < -0.4 is 5.32 Å². The van der Waals surface area contributed by atoms with E-state index in [-0.39, 0.29) is 17.4 Å². The van der Waals surface area contributed by atoms with E-state index in [1.807, 2.05) is 6.07 Å². The zero-order chi connectivity index (χ0) is 15.0. The van der Waals surface area contributed by atoms with E-state index < -0.39 is 11.9 Å². The lowest BCUT2D eigenvalue weighted by Crippen LogP contribution is -2.34. The van der Waals surface area contributed by atoms with Crippen molar-refractivity contribution in [2.45, 2.75) is 37.5 Å². The van der Waals surface area contributed by atoms with Gasteiger partial charge < -0.3 is 5.32 Å². The number of nitrogens with one attached hydrogen (secondary N) is 1. The highest BCUT2D eigenvalue weighted by atomic mass is 19.4. The molecule has 2 saturated heterocycles. The molecule has 2 aliphatic heterocycles. The zero-order valence-electron chi connectivity index (χ0n) is 11.3. The third-order valence-electron chi connectivity index (χ3n) is 4.23. The first-order chi connectivity index (χ1) is 9.99. The van der Waals surface area contributed by atoms with Gasteiger partial charge >= 0.3 is 6.18 Å². The molecule has 4 nitrogen and oxygen atoms in total. The van der Waals surface area contributed by atoms with Gasteiger partial charge in [0.05, 0.1) is 5.56 Å². The molecular formula is C14H15F3N4. The lowest BCUT2D eigenvalue weighted by atomic mass is 10.1. The van der Waals surface area contributed by atoms with Crippen LogP contribution in [0.1, 0.15) is 30.5 Å². The maximum atomic E-state index is 12.8. The van der Waals surface area contributed by atoms with Crippen molar-refractivity contribution in [3.05, 3.63) is 23.4 Å². The number of nitriles is 1. The molecule has 0 radical (unpaired) electrons. The summed E-state index contributed by atoms with van der Waals surface area (Å²) in [7, 11) is 0. The monoisotopic (exact) mass is 296 g/mol. The Bertz CT molecular complexity index is 579. The second kappa shape index (κ2) is 5.19. The van der Waals surface area contributed by atoms with Crippen molar-refractivity contribution in [2.24, 2.45) is 0 Å². The predicted octanol–water partition coefficient (Wildman–Crippen LogP) is 2.62. The first-order valence-electron chi connectivity index (χ1n) is 6.98. The van der Waals surface area contributed by atoms with Crippen LogP contribution in [0.3, 0.4) is 0 Å². The Balaban J connectivity index is 1.85. The van der Waals surface area contributed by atoms with Crippen LogP contribution in [0.15, 0.2) is 12.1 Å². The molecule has 1 aromatic rings. The number of hydrogen-bond acceptors (Lipinski definition) is 4. The summed E-state index contributed by atoms with van der Waals surface area (Å²) in [5, 5.41) is 12.1. The lowest BCUT2D eigenvalue weighted by Gasteiger charge is -2.22. The van der Waals surface area contributed by atoms with E-state index in [9.17, 15) is 13.2 Å². The largest absolute Gasteiger partial charge is 0.433 e. The first kappa shape index (κ1) is 14.1. The van der Waals surface area contributed by atoms with Crippen LogP contribution >= 0.6 is 0 Å². The Morgan fingerprint density at radius 1 is 1.29 bits per heavy atom. The quantitative estimate of drug-likeness (QED) is 0.911. The summed E-state index contributed by atoms with van der Waals surface area (Å²) < 4.78 is 38.3. The highest BCUT2D eigenvalue weighted by Gasteiger charge is 2.38. The van der Waals surface area contributed by atoms with Crippen LogP contribution in [0.4, 0.5) is 19.0 Å². The standard InChI is InChI=1S/C14H15F3N4/c15-14(16,17)12-4-3-9(8-18)13(20-12)19-10-5-7-21-6-1-2-11(10)21/h3-4,10-11H,1-2,5-7H2,(H,19,20). The molecule has 3 rings (SSSR count). The number of anilines is 1. The van der Waals surface area contributed by atoms with Gasteiger partial charge in [0.1, 0.15) is 17.6 Å². The summed E-state index contributed by atoms with van der Waals surface area (Å²) in [4.78, 5) is 5.96. The molecule has 2 aliphatic rings. The summed E-state index contributed by atoms with van der Waals surface area (Å²) in [6.45, 7) is 1.99. The van der Waals surface area contributed by atoms with E-state index in [0.717, 1.165) is 38.4 Å². The molecular weight excluding hydrogens is 281 g/mol. The molecule has 0 amide bonds. The van der Waals surface area contributed by atoms with Crippen molar-refractivity contribution >= 4 is 5.82 Å². The van der Waals surface area contributed by atoms with Crippen molar-refractivity contribution < 1.29 is 13.2 Å². The number of halogens is 3. The Hall–Kier alpha value is -1.81. The molecule has 112 valence electrons. The number of fused-ring (bicyclic) bond motifs is 1. The van der Waals surface area contributed by atoms with Crippen LogP contribution in [0.25, 0.3) is 0 Å². The predicted molar refractivity (Wildman–Crippen MR) is 70.6 cm³/mol. The van der Waals surface area contributed by atoms with E-state index in [1.54, 1.807) is 0 Å². The molecule has 7 heteroatoms. The fourth-order valence-corrected chi connectivity index (χ4v) is 3.24. The highest BCUT2D eigenvalue weighted by molar-refractivity contribution is 5.53. The van der Waals surface area contributed by atoms with Crippen LogP contribution in [-0.2, 0) is 6.18 Å². The number of hydrogen-bond donors (Lipinski definition) is 1. The smallest absolute Gasteiger partial charge is 0.365 e. The molecule has 21 heavy (non-hydrogen) atoms. The van der Waals surface area contributed by atoms with Gasteiger partial charge in [-0.15, -0.1) is 0 Å². The maximum Gasteiger partial charge on any atom is 0.433 e. The maximum absolute atomic E-state index is 12.8. The number of pyridine rings is 1. The molecule has 1 N–H and O–H groups in total. The SMILES string of the molecule is N#Cc1ccc(C(F)(F)F)nc1NC1CCN2CCCC12. The average Bonchev–Trinajstić information content (AvgIpc) is 3.02. The summed E-state index contributed by atoms with van der Waals surface area (Å²) >= 11 is 0. The highest BCUT2D eigenvalue weighted by Crippen LogP contribution is 2.32. The molecule has 3 heterocycles. The molecule has 0 aliphatic carbocycles. The second-order valence-corrected chi connectivity index (χ2v) is 5.49. The fraction of sp³-hybridized carbons (Fsp3) is 0.571. The molecule has 1 aromatic heterocycles. The third kappa shape index (κ3) is 2.68. The molecule has 0 spiro atoms. The number of rotatable bonds is 2. The van der Waals surface area contributed by atoms with Gasteiger partial charge in [0.25, 0.3) is 0 Å². The van der Waals surface area contributed by atoms with E-state index in [1.165, 1.54) is 6.07 Å². The van der Waals surface area contributed by atoms with Crippen LogP contribution in [-0.4, -0.2) is 35.1 Å². The van der Waals surface area contributed by atoms with Gasteiger partial charge in [-0.25, -0.2) is 4.98 Å². The van der Waals surface area contributed by atoms with Gasteiger partial charge in [-0.3, -0.25) is 4.90 Å². The van der Waals surface area contributed by atoms with Crippen molar-refractivity contribution in [1.29, 1.82) is 5.26 Å². The van der Waals surface area contributed by atoms with Gasteiger partial charge in [-0.1, -0.05) is 0 Å². The fourth-order valence-electron chi connectivity index (χ4n) is 3.24. The van der Waals surface area contributed by atoms with Crippen LogP contribution in [0.2, 0.25) is 0 Å².